The van der Waals surface area contributed by atoms with Crippen LogP contribution in [0, 0.1) is 5.92 Å². The van der Waals surface area contributed by atoms with Crippen LogP contribution in [0.1, 0.15) is 26.7 Å². The molecule has 0 aromatic rings. The van der Waals surface area contributed by atoms with E-state index in [1.165, 1.54) is 0 Å². The van der Waals surface area contributed by atoms with Crippen molar-refractivity contribution in [2.24, 2.45) is 11.7 Å². The van der Waals surface area contributed by atoms with Crippen LogP contribution >= 0.6 is 0 Å². The lowest BCUT2D eigenvalue weighted by atomic mass is 10.0. The van der Waals surface area contributed by atoms with Gasteiger partial charge >= 0.3 is 0 Å². The topological polar surface area (TPSA) is 61.6 Å². The Hall–Kier alpha value is -0.650. The summed E-state index contributed by atoms with van der Waals surface area (Å²) in [6, 6.07) is 0.440. The molecule has 1 amide bonds. The van der Waals surface area contributed by atoms with Crippen LogP contribution in [0.3, 0.4) is 0 Å². The summed E-state index contributed by atoms with van der Waals surface area (Å²) in [6.45, 7) is 10.2. The van der Waals surface area contributed by atoms with Crippen molar-refractivity contribution in [1.29, 1.82) is 0 Å². The van der Waals surface area contributed by atoms with Gasteiger partial charge in [-0.3, -0.25) is 9.69 Å². The Labute approximate surface area is 117 Å². The lowest BCUT2D eigenvalue weighted by molar-refractivity contribution is -0.121. The standard InChI is InChI=1S/C14H30N4O/c1-12(2)13(11-16-14(19)5-4-6-15)18-9-7-17(3)8-10-18/h12-13H,4-11,15H2,1-3H3,(H,16,19). The summed E-state index contributed by atoms with van der Waals surface area (Å²) < 4.78 is 0. The van der Waals surface area contributed by atoms with E-state index >= 15 is 0 Å². The van der Waals surface area contributed by atoms with Crippen LogP contribution in [0.25, 0.3) is 0 Å². The Kier molecular flexibility index (Phi) is 7.34. The maximum Gasteiger partial charge on any atom is 0.220 e. The average molecular weight is 270 g/mol. The fourth-order valence-electron chi connectivity index (χ4n) is 2.51. The molecule has 1 aliphatic heterocycles. The van der Waals surface area contributed by atoms with E-state index in [9.17, 15) is 4.79 Å². The predicted molar refractivity (Wildman–Crippen MR) is 79.0 cm³/mol. The summed E-state index contributed by atoms with van der Waals surface area (Å²) >= 11 is 0. The number of carbonyl (C=O) groups is 1. The molecule has 0 saturated carbocycles. The third-order valence-corrected chi connectivity index (χ3v) is 3.89. The fourth-order valence-corrected chi connectivity index (χ4v) is 2.51. The largest absolute Gasteiger partial charge is 0.355 e. The van der Waals surface area contributed by atoms with E-state index in [-0.39, 0.29) is 5.91 Å². The number of hydrogen-bond acceptors (Lipinski definition) is 4. The van der Waals surface area contributed by atoms with Gasteiger partial charge in [0.1, 0.15) is 0 Å². The van der Waals surface area contributed by atoms with Gasteiger partial charge in [0.25, 0.3) is 0 Å². The Bertz CT molecular complexity index is 262. The first-order valence-electron chi connectivity index (χ1n) is 7.44. The third kappa shape index (κ3) is 5.89. The van der Waals surface area contributed by atoms with Gasteiger partial charge in [-0.2, -0.15) is 0 Å². The molecule has 1 fully saturated rings. The monoisotopic (exact) mass is 270 g/mol. The molecule has 0 aliphatic carbocycles. The van der Waals surface area contributed by atoms with Crippen molar-refractivity contribution in [2.45, 2.75) is 32.7 Å². The normalized spacial score (nSPS) is 19.6. The number of hydrogen-bond donors (Lipinski definition) is 2. The molecule has 1 atom stereocenters. The van der Waals surface area contributed by atoms with Gasteiger partial charge in [0, 0.05) is 45.2 Å². The zero-order valence-corrected chi connectivity index (χ0v) is 12.7. The highest BCUT2D eigenvalue weighted by Crippen LogP contribution is 2.12. The lowest BCUT2D eigenvalue weighted by Crippen LogP contribution is -2.54. The van der Waals surface area contributed by atoms with Crippen molar-refractivity contribution in [2.75, 3.05) is 46.3 Å². The molecule has 3 N–H and O–H groups in total. The van der Waals surface area contributed by atoms with E-state index in [4.69, 9.17) is 5.73 Å². The van der Waals surface area contributed by atoms with E-state index in [1.54, 1.807) is 0 Å². The van der Waals surface area contributed by atoms with Crippen molar-refractivity contribution in [3.63, 3.8) is 0 Å². The Morgan fingerprint density at radius 1 is 1.26 bits per heavy atom. The fraction of sp³-hybridized carbons (Fsp3) is 0.929. The molecule has 1 rings (SSSR count). The van der Waals surface area contributed by atoms with E-state index in [2.05, 4.69) is 36.0 Å². The minimum absolute atomic E-state index is 0.130. The van der Waals surface area contributed by atoms with Crippen LogP contribution in [-0.4, -0.2) is 68.1 Å². The summed E-state index contributed by atoms with van der Waals surface area (Å²) in [4.78, 5) is 16.5. The van der Waals surface area contributed by atoms with Crippen molar-refractivity contribution >= 4 is 5.91 Å². The highest BCUT2D eigenvalue weighted by atomic mass is 16.1. The molecule has 19 heavy (non-hydrogen) atoms. The SMILES string of the molecule is CC(C)C(CNC(=O)CCCN)N1CCN(C)CC1. The maximum atomic E-state index is 11.7. The second-order valence-electron chi connectivity index (χ2n) is 5.85. The van der Waals surface area contributed by atoms with Crippen molar-refractivity contribution in [3.05, 3.63) is 0 Å². The lowest BCUT2D eigenvalue weighted by Gasteiger charge is -2.39. The summed E-state index contributed by atoms with van der Waals surface area (Å²) in [5, 5.41) is 3.06. The van der Waals surface area contributed by atoms with Gasteiger partial charge in [0.2, 0.25) is 5.91 Å². The molecule has 5 heteroatoms. The number of nitrogens with one attached hydrogen (secondary N) is 1. The van der Waals surface area contributed by atoms with Crippen LogP contribution in [-0.2, 0) is 4.79 Å². The molecular weight excluding hydrogens is 240 g/mol. The zero-order valence-electron chi connectivity index (χ0n) is 12.7. The van der Waals surface area contributed by atoms with Crippen LogP contribution < -0.4 is 11.1 Å². The molecule has 0 radical (unpaired) electrons. The molecule has 1 unspecified atom stereocenters. The molecule has 0 aromatic heterocycles. The Morgan fingerprint density at radius 3 is 2.42 bits per heavy atom. The van der Waals surface area contributed by atoms with Gasteiger partial charge in [-0.15, -0.1) is 0 Å². The minimum atomic E-state index is 0.130. The molecule has 1 aliphatic rings. The van der Waals surface area contributed by atoms with Gasteiger partial charge in [0.15, 0.2) is 0 Å². The third-order valence-electron chi connectivity index (χ3n) is 3.89. The summed E-state index contributed by atoms with van der Waals surface area (Å²) in [5.41, 5.74) is 5.42. The van der Waals surface area contributed by atoms with Crippen LogP contribution in [0.4, 0.5) is 0 Å². The summed E-state index contributed by atoms with van der Waals surface area (Å²) in [5.74, 6) is 0.684. The maximum absolute atomic E-state index is 11.7. The number of likely N-dealkylation sites (N-methyl/N-ethyl adjacent to an activating group) is 1. The molecule has 112 valence electrons. The number of piperazine rings is 1. The molecule has 0 spiro atoms. The molecule has 0 bridgehead atoms. The highest BCUT2D eigenvalue weighted by molar-refractivity contribution is 5.75. The molecule has 0 aromatic carbocycles. The molecular formula is C14H30N4O. The first-order chi connectivity index (χ1) is 9.04. The van der Waals surface area contributed by atoms with Crippen molar-refractivity contribution in [3.8, 4) is 0 Å². The van der Waals surface area contributed by atoms with Gasteiger partial charge in [-0.05, 0) is 25.9 Å². The van der Waals surface area contributed by atoms with Gasteiger partial charge < -0.3 is 16.0 Å². The molecule has 1 heterocycles. The summed E-state index contributed by atoms with van der Waals surface area (Å²) in [6.07, 6.45) is 1.32. The number of nitrogens with two attached hydrogens (primary N) is 1. The number of carbonyl (C=O) groups excluding carboxylic acids is 1. The van der Waals surface area contributed by atoms with E-state index in [0.717, 1.165) is 39.1 Å². The van der Waals surface area contributed by atoms with Crippen molar-refractivity contribution in [1.82, 2.24) is 15.1 Å². The van der Waals surface area contributed by atoms with E-state index in [0.29, 0.717) is 24.9 Å². The van der Waals surface area contributed by atoms with Gasteiger partial charge in [0.05, 0.1) is 0 Å². The highest BCUT2D eigenvalue weighted by Gasteiger charge is 2.25. The van der Waals surface area contributed by atoms with Gasteiger partial charge in [-0.1, -0.05) is 13.8 Å². The van der Waals surface area contributed by atoms with Crippen LogP contribution in [0.5, 0.6) is 0 Å². The quantitative estimate of drug-likeness (QED) is 0.689. The average Bonchev–Trinajstić information content (AvgIpc) is 2.38. The number of rotatable bonds is 7. The molecule has 1 saturated heterocycles. The Balaban J connectivity index is 2.38. The van der Waals surface area contributed by atoms with Gasteiger partial charge in [-0.25, -0.2) is 0 Å². The smallest absolute Gasteiger partial charge is 0.220 e. The summed E-state index contributed by atoms with van der Waals surface area (Å²) in [7, 11) is 2.16. The van der Waals surface area contributed by atoms with Crippen LogP contribution in [0.2, 0.25) is 0 Å². The molecule has 5 nitrogen and oxygen atoms in total. The predicted octanol–water partition coefficient (Wildman–Crippen LogP) is 0.114. The second kappa shape index (κ2) is 8.51. The van der Waals surface area contributed by atoms with Crippen LogP contribution in [0.15, 0.2) is 0 Å². The number of nitrogens with zero attached hydrogens (tertiary/aromatic N) is 2. The van der Waals surface area contributed by atoms with E-state index in [1.807, 2.05) is 0 Å². The second-order valence-corrected chi connectivity index (χ2v) is 5.85. The van der Waals surface area contributed by atoms with Crippen molar-refractivity contribution < 1.29 is 4.79 Å². The number of amides is 1. The first kappa shape index (κ1) is 16.4. The minimum Gasteiger partial charge on any atom is -0.355 e. The van der Waals surface area contributed by atoms with E-state index < -0.39 is 0 Å². The Morgan fingerprint density at radius 2 is 1.89 bits per heavy atom. The first-order valence-corrected chi connectivity index (χ1v) is 7.44. The zero-order chi connectivity index (χ0) is 14.3.